The average Bonchev–Trinajstić information content (AvgIpc) is 3.33. The molecule has 164 valence electrons. The highest BCUT2D eigenvalue weighted by Crippen LogP contribution is 2.48. The Balaban J connectivity index is 1.32. The van der Waals surface area contributed by atoms with E-state index in [9.17, 15) is 9.90 Å². The Morgan fingerprint density at radius 3 is 2.38 bits per heavy atom. The summed E-state index contributed by atoms with van der Waals surface area (Å²) in [6.07, 6.45) is 8.23. The van der Waals surface area contributed by atoms with Crippen molar-refractivity contribution in [2.24, 2.45) is 0 Å². The number of hydrogen-bond acceptors (Lipinski definition) is 5. The van der Waals surface area contributed by atoms with Crippen LogP contribution in [0.4, 0.5) is 0 Å². The molecule has 1 saturated heterocycles. The van der Waals surface area contributed by atoms with E-state index < -0.39 is 11.6 Å². The minimum atomic E-state index is -1.77. The number of fused-ring (bicyclic) bond motifs is 3. The van der Waals surface area contributed by atoms with Crippen LogP contribution in [-0.2, 0) is 21.6 Å². The molecule has 0 radical (unpaired) electrons. The van der Waals surface area contributed by atoms with Crippen molar-refractivity contribution in [3.63, 3.8) is 0 Å². The zero-order chi connectivity index (χ0) is 22.2. The Labute approximate surface area is 188 Å². The highest BCUT2D eigenvalue weighted by atomic mass is 16.6. The van der Waals surface area contributed by atoms with Crippen molar-refractivity contribution in [3.05, 3.63) is 83.9 Å². The summed E-state index contributed by atoms with van der Waals surface area (Å²) in [6.45, 7) is 2.28. The van der Waals surface area contributed by atoms with E-state index >= 15 is 0 Å². The van der Waals surface area contributed by atoms with E-state index in [2.05, 4.69) is 17.0 Å². The quantitative estimate of drug-likeness (QED) is 0.481. The number of aromatic nitrogens is 2. The minimum Gasteiger partial charge on any atom is -0.457 e. The number of carbonyl (C=O) groups excluding carboxylic acids is 1. The number of nitrogens with zero attached hydrogens (tertiary/aromatic N) is 3. The summed E-state index contributed by atoms with van der Waals surface area (Å²) < 4.78 is 6.69. The van der Waals surface area contributed by atoms with Crippen LogP contribution in [0.15, 0.2) is 67.3 Å². The van der Waals surface area contributed by atoms with E-state index in [0.29, 0.717) is 17.7 Å². The highest BCUT2D eigenvalue weighted by Gasteiger charge is 2.50. The Morgan fingerprint density at radius 1 is 1.09 bits per heavy atom. The fraction of sp³-hybridized carbons (Fsp3) is 0.346. The molecule has 3 aromatic rings. The molecule has 32 heavy (non-hydrogen) atoms. The molecular weight excluding hydrogens is 402 g/mol. The Hall–Kier alpha value is -3.09. The molecule has 6 nitrogen and oxygen atoms in total. The summed E-state index contributed by atoms with van der Waals surface area (Å²) in [5, 5.41) is 11.6. The number of quaternary nitrogens is 1. The van der Waals surface area contributed by atoms with Crippen molar-refractivity contribution in [1.82, 2.24) is 9.97 Å². The fourth-order valence-corrected chi connectivity index (χ4v) is 5.29. The van der Waals surface area contributed by atoms with Crippen LogP contribution < -0.4 is 0 Å². The van der Waals surface area contributed by atoms with Gasteiger partial charge in [0.2, 0.25) is 5.60 Å². The first-order chi connectivity index (χ1) is 15.5. The molecule has 2 aromatic carbocycles. The van der Waals surface area contributed by atoms with Crippen LogP contribution in [0.3, 0.4) is 0 Å². The van der Waals surface area contributed by atoms with E-state index in [1.165, 1.54) is 0 Å². The zero-order valence-corrected chi connectivity index (χ0v) is 18.3. The second-order valence-corrected chi connectivity index (χ2v) is 9.12. The number of carbonyl (C=O) groups is 1. The molecule has 2 atom stereocenters. The predicted octanol–water partition coefficient (Wildman–Crippen LogP) is 3.09. The third-order valence-electron chi connectivity index (χ3n) is 7.24. The molecule has 1 aliphatic carbocycles. The van der Waals surface area contributed by atoms with E-state index in [4.69, 9.17) is 4.74 Å². The van der Waals surface area contributed by atoms with Crippen LogP contribution in [0, 0.1) is 0 Å². The first-order valence-corrected chi connectivity index (χ1v) is 11.2. The Bertz CT molecular complexity index is 1090. The lowest BCUT2D eigenvalue weighted by atomic mass is 9.91. The van der Waals surface area contributed by atoms with E-state index in [-0.39, 0.29) is 6.04 Å². The maximum absolute atomic E-state index is 13.3. The molecule has 5 rings (SSSR count). The summed E-state index contributed by atoms with van der Waals surface area (Å²) in [6, 6.07) is 15.3. The molecule has 2 aliphatic rings. The monoisotopic (exact) mass is 430 g/mol. The van der Waals surface area contributed by atoms with Gasteiger partial charge in [0.05, 0.1) is 20.1 Å². The van der Waals surface area contributed by atoms with Crippen molar-refractivity contribution >= 4 is 5.97 Å². The fourth-order valence-electron chi connectivity index (χ4n) is 5.29. The lowest BCUT2D eigenvalue weighted by molar-refractivity contribution is -0.921. The number of hydrogen-bond donors (Lipinski definition) is 1. The normalized spacial score (nSPS) is 22.9. The molecule has 2 heterocycles. The molecular formula is C26H28N3O3+. The van der Waals surface area contributed by atoms with Crippen molar-refractivity contribution in [3.8, 4) is 11.1 Å². The van der Waals surface area contributed by atoms with Gasteiger partial charge in [-0.1, -0.05) is 48.5 Å². The first-order valence-electron chi connectivity index (χ1n) is 11.2. The van der Waals surface area contributed by atoms with Gasteiger partial charge in [0.1, 0.15) is 19.0 Å². The van der Waals surface area contributed by atoms with Gasteiger partial charge in [-0.05, 0) is 16.7 Å². The van der Waals surface area contributed by atoms with Gasteiger partial charge in [-0.2, -0.15) is 0 Å². The zero-order valence-electron chi connectivity index (χ0n) is 18.3. The maximum atomic E-state index is 13.3. The summed E-state index contributed by atoms with van der Waals surface area (Å²) in [7, 11) is 2.23. The van der Waals surface area contributed by atoms with Crippen LogP contribution >= 0.6 is 0 Å². The molecule has 1 unspecified atom stereocenters. The molecule has 1 fully saturated rings. The number of ether oxygens (including phenoxy) is 1. The number of rotatable bonds is 6. The topological polar surface area (TPSA) is 72.3 Å². The van der Waals surface area contributed by atoms with Gasteiger partial charge in [0, 0.05) is 42.8 Å². The molecule has 1 aliphatic heterocycles. The number of benzene rings is 2. The van der Waals surface area contributed by atoms with Crippen molar-refractivity contribution in [2.75, 3.05) is 26.7 Å². The van der Waals surface area contributed by atoms with Crippen LogP contribution in [0.2, 0.25) is 0 Å². The SMILES string of the molecule is C[N@+]1(CCc2cncnc2)CCCC1COC(=O)C1(O)c2ccccc2-c2ccccc21. The van der Waals surface area contributed by atoms with Crippen molar-refractivity contribution in [2.45, 2.75) is 30.9 Å². The van der Waals surface area contributed by atoms with Gasteiger partial charge >= 0.3 is 5.97 Å². The van der Waals surface area contributed by atoms with E-state index in [0.717, 1.165) is 53.5 Å². The van der Waals surface area contributed by atoms with Gasteiger partial charge in [-0.25, -0.2) is 14.8 Å². The third-order valence-corrected chi connectivity index (χ3v) is 7.24. The molecule has 0 spiro atoms. The Morgan fingerprint density at radius 2 is 1.72 bits per heavy atom. The van der Waals surface area contributed by atoms with Crippen molar-refractivity contribution < 1.29 is 19.1 Å². The van der Waals surface area contributed by atoms with E-state index in [1.807, 2.05) is 60.9 Å². The third kappa shape index (κ3) is 3.40. The van der Waals surface area contributed by atoms with Gasteiger partial charge < -0.3 is 14.3 Å². The molecule has 0 bridgehead atoms. The smallest absolute Gasteiger partial charge is 0.347 e. The van der Waals surface area contributed by atoms with E-state index in [1.54, 1.807) is 6.33 Å². The lowest BCUT2D eigenvalue weighted by Gasteiger charge is -2.36. The minimum absolute atomic E-state index is 0.207. The van der Waals surface area contributed by atoms with Crippen LogP contribution in [0.25, 0.3) is 11.1 Å². The van der Waals surface area contributed by atoms with Crippen LogP contribution in [0.5, 0.6) is 0 Å². The predicted molar refractivity (Wildman–Crippen MR) is 121 cm³/mol. The first kappa shape index (κ1) is 20.8. The molecule has 1 N–H and O–H groups in total. The second-order valence-electron chi connectivity index (χ2n) is 9.12. The standard InChI is InChI=1S/C26H28N3O3/c1-29(14-12-19-15-27-18-28-16-19)13-6-7-20(29)17-32-25(30)26(31)23-10-4-2-8-21(23)22-9-3-5-11-24(22)26/h2-5,8-11,15-16,18,20,31H,6-7,12-14,17H2,1H3/q+1/t20?,29-/m1/s1. The average molecular weight is 431 g/mol. The van der Waals surface area contributed by atoms with Gasteiger partial charge in [-0.15, -0.1) is 0 Å². The van der Waals surface area contributed by atoms with Gasteiger partial charge in [0.15, 0.2) is 0 Å². The van der Waals surface area contributed by atoms with Crippen molar-refractivity contribution in [1.29, 1.82) is 0 Å². The van der Waals surface area contributed by atoms with Crippen LogP contribution in [0.1, 0.15) is 29.5 Å². The summed E-state index contributed by atoms with van der Waals surface area (Å²) in [5.41, 5.74) is 2.31. The Kier molecular flexibility index (Phi) is 5.27. The summed E-state index contributed by atoms with van der Waals surface area (Å²) in [4.78, 5) is 21.6. The van der Waals surface area contributed by atoms with Gasteiger partial charge in [0.25, 0.3) is 0 Å². The number of likely N-dealkylation sites (tertiary alicyclic amines) is 1. The maximum Gasteiger partial charge on any atom is 0.347 e. The van der Waals surface area contributed by atoms with Crippen LogP contribution in [-0.4, -0.2) is 58.3 Å². The summed E-state index contributed by atoms with van der Waals surface area (Å²) in [5.74, 6) is -0.593. The number of esters is 1. The molecule has 1 aromatic heterocycles. The lowest BCUT2D eigenvalue weighted by Crippen LogP contribution is -2.52. The second kappa shape index (κ2) is 8.11. The molecule has 0 amide bonds. The highest BCUT2D eigenvalue weighted by molar-refractivity contribution is 5.96. The summed E-state index contributed by atoms with van der Waals surface area (Å²) >= 11 is 0. The molecule has 6 heteroatoms. The largest absolute Gasteiger partial charge is 0.457 e. The van der Waals surface area contributed by atoms with Gasteiger partial charge in [-0.3, -0.25) is 0 Å². The molecule has 0 saturated carbocycles. The number of likely N-dealkylation sites (N-methyl/N-ethyl adjacent to an activating group) is 1. The number of aliphatic hydroxyl groups is 1.